The molecule has 4 nitrogen and oxygen atoms in total. The minimum absolute atomic E-state index is 0.259. The van der Waals surface area contributed by atoms with Gasteiger partial charge in [0.05, 0.1) is 17.7 Å². The van der Waals surface area contributed by atoms with Gasteiger partial charge in [0.1, 0.15) is 17.7 Å². The van der Waals surface area contributed by atoms with Gasteiger partial charge in [-0.05, 0) is 59.4 Å². The van der Waals surface area contributed by atoms with Crippen LogP contribution in [0.1, 0.15) is 54.3 Å². The van der Waals surface area contributed by atoms with E-state index in [1.54, 1.807) is 24.7 Å². The smallest absolute Gasteiger partial charge is 0.180 e. The van der Waals surface area contributed by atoms with E-state index in [9.17, 15) is 5.26 Å². The first-order valence-corrected chi connectivity index (χ1v) is 12.6. The van der Waals surface area contributed by atoms with Crippen molar-refractivity contribution >= 4 is 34.2 Å². The van der Waals surface area contributed by atoms with Crippen LogP contribution in [0.25, 0.3) is 0 Å². The molecule has 4 rings (SSSR count). The summed E-state index contributed by atoms with van der Waals surface area (Å²) in [5.74, 6) is 1.67. The van der Waals surface area contributed by atoms with Gasteiger partial charge in [0.15, 0.2) is 11.5 Å². The molecule has 0 saturated carbocycles. The molecular weight excluding hydrogens is 464 g/mol. The van der Waals surface area contributed by atoms with E-state index >= 15 is 0 Å². The van der Waals surface area contributed by atoms with E-state index in [1.807, 2.05) is 42.5 Å². The second-order valence-electron chi connectivity index (χ2n) is 9.67. The van der Waals surface area contributed by atoms with Crippen molar-refractivity contribution < 1.29 is 9.47 Å². The maximum atomic E-state index is 9.83. The summed E-state index contributed by atoms with van der Waals surface area (Å²) in [7, 11) is 1.59. The highest BCUT2D eigenvalue weighted by Gasteiger charge is 2.32. The highest BCUT2D eigenvalue weighted by molar-refractivity contribution is 7.16. The Labute approximate surface area is 210 Å². The molecule has 0 spiro atoms. The Hall–Kier alpha value is -2.81. The molecule has 0 saturated heterocycles. The average Bonchev–Trinajstić information content (AvgIpc) is 3.18. The van der Waals surface area contributed by atoms with Crippen LogP contribution < -0.4 is 9.47 Å². The van der Waals surface area contributed by atoms with Gasteiger partial charge in [-0.25, -0.2) is 4.99 Å². The van der Waals surface area contributed by atoms with Crippen LogP contribution in [-0.4, -0.2) is 13.3 Å². The lowest BCUT2D eigenvalue weighted by molar-refractivity contribution is 0.218. The maximum absolute atomic E-state index is 9.83. The lowest BCUT2D eigenvalue weighted by Gasteiger charge is -2.33. The Kier molecular flexibility index (Phi) is 7.30. The SMILES string of the molecule is COc1cc(C=Nc2sc3c(c2C#N)CC[C@H](C(C)(C)C)C3)cc(Cl)c1OCc1ccccc1. The number of rotatable bonds is 6. The summed E-state index contributed by atoms with van der Waals surface area (Å²) in [5.41, 5.74) is 3.99. The van der Waals surface area contributed by atoms with Crippen LogP contribution in [0.2, 0.25) is 5.02 Å². The standard InChI is InChI=1S/C28H29ClN2O2S/c1-28(2,3)20-10-11-21-22(15-30)27(34-25(21)14-20)31-16-19-12-23(29)26(24(13-19)32-4)33-17-18-8-6-5-7-9-18/h5-9,12-13,16,20H,10-11,14,17H2,1-4H3/t20-/m0/s1. The first-order valence-electron chi connectivity index (χ1n) is 11.4. The lowest BCUT2D eigenvalue weighted by atomic mass is 9.72. The van der Waals surface area contributed by atoms with Gasteiger partial charge < -0.3 is 9.47 Å². The summed E-state index contributed by atoms with van der Waals surface area (Å²) in [5, 5.41) is 11.0. The molecule has 0 amide bonds. The number of ether oxygens (including phenoxy) is 2. The number of aliphatic imine (C=N–C) groups is 1. The van der Waals surface area contributed by atoms with Crippen LogP contribution in [0.4, 0.5) is 5.00 Å². The number of hydrogen-bond acceptors (Lipinski definition) is 5. The Morgan fingerprint density at radius 2 is 2.00 bits per heavy atom. The van der Waals surface area contributed by atoms with Gasteiger partial charge in [-0.15, -0.1) is 11.3 Å². The molecule has 1 aliphatic carbocycles. The van der Waals surface area contributed by atoms with Crippen molar-refractivity contribution in [1.82, 2.24) is 0 Å². The van der Waals surface area contributed by atoms with Gasteiger partial charge in [-0.3, -0.25) is 0 Å². The number of hydrogen-bond donors (Lipinski definition) is 0. The highest BCUT2D eigenvalue weighted by Crippen LogP contribution is 2.45. The Bertz CT molecular complexity index is 1240. The van der Waals surface area contributed by atoms with Crippen molar-refractivity contribution in [3.63, 3.8) is 0 Å². The number of benzene rings is 2. The van der Waals surface area contributed by atoms with E-state index in [0.717, 1.165) is 35.4 Å². The van der Waals surface area contributed by atoms with Gasteiger partial charge in [0.25, 0.3) is 0 Å². The summed E-state index contributed by atoms with van der Waals surface area (Å²) in [6.07, 6.45) is 4.82. The fourth-order valence-corrected chi connectivity index (χ4v) is 5.83. The maximum Gasteiger partial charge on any atom is 0.180 e. The predicted octanol–water partition coefficient (Wildman–Crippen LogP) is 7.76. The van der Waals surface area contributed by atoms with Crippen LogP contribution >= 0.6 is 22.9 Å². The van der Waals surface area contributed by atoms with Crippen LogP contribution in [-0.2, 0) is 19.4 Å². The third-order valence-electron chi connectivity index (χ3n) is 6.39. The Morgan fingerprint density at radius 1 is 1.24 bits per heavy atom. The van der Waals surface area contributed by atoms with Crippen LogP contribution in [0, 0.1) is 22.7 Å². The molecule has 3 aromatic rings. The summed E-state index contributed by atoms with van der Waals surface area (Å²) in [4.78, 5) is 6.00. The fraction of sp³-hybridized carbons (Fsp3) is 0.357. The molecule has 6 heteroatoms. The van der Waals surface area contributed by atoms with Crippen LogP contribution in [0.3, 0.4) is 0 Å². The topological polar surface area (TPSA) is 54.6 Å². The molecule has 1 aromatic heterocycles. The Balaban J connectivity index is 1.57. The summed E-state index contributed by atoms with van der Waals surface area (Å²) in [6, 6.07) is 16.0. The average molecular weight is 493 g/mol. The van der Waals surface area contributed by atoms with E-state index in [-0.39, 0.29) is 5.41 Å². The van der Waals surface area contributed by atoms with Crippen molar-refractivity contribution in [3.05, 3.63) is 74.6 Å². The molecule has 34 heavy (non-hydrogen) atoms. The quantitative estimate of drug-likeness (QED) is 0.330. The molecule has 1 atom stereocenters. The van der Waals surface area contributed by atoms with Crippen LogP contribution in [0.5, 0.6) is 11.5 Å². The number of thiophene rings is 1. The first-order chi connectivity index (χ1) is 16.3. The molecule has 2 aromatic carbocycles. The second kappa shape index (κ2) is 10.2. The molecule has 0 bridgehead atoms. The molecule has 1 aliphatic rings. The number of nitriles is 1. The molecule has 0 fully saturated rings. The lowest BCUT2D eigenvalue weighted by Crippen LogP contribution is -2.26. The van der Waals surface area contributed by atoms with Crippen molar-refractivity contribution in [2.45, 2.75) is 46.6 Å². The monoisotopic (exact) mass is 492 g/mol. The predicted molar refractivity (Wildman–Crippen MR) is 140 cm³/mol. The van der Waals surface area contributed by atoms with Crippen molar-refractivity contribution in [1.29, 1.82) is 5.26 Å². The molecule has 176 valence electrons. The van der Waals surface area contributed by atoms with E-state index in [0.29, 0.717) is 34.6 Å². The highest BCUT2D eigenvalue weighted by atomic mass is 35.5. The Morgan fingerprint density at radius 3 is 2.68 bits per heavy atom. The third-order valence-corrected chi connectivity index (χ3v) is 7.83. The largest absolute Gasteiger partial charge is 0.493 e. The van der Waals surface area contributed by atoms with E-state index in [1.165, 1.54) is 10.4 Å². The number of methoxy groups -OCH3 is 1. The summed E-state index contributed by atoms with van der Waals surface area (Å²) < 4.78 is 11.5. The number of fused-ring (bicyclic) bond motifs is 1. The summed E-state index contributed by atoms with van der Waals surface area (Å²) in [6.45, 7) is 7.28. The normalized spacial score (nSPS) is 15.7. The fourth-order valence-electron chi connectivity index (χ4n) is 4.33. The van der Waals surface area contributed by atoms with Gasteiger partial charge >= 0.3 is 0 Å². The van der Waals surface area contributed by atoms with Gasteiger partial charge in [-0.1, -0.05) is 62.7 Å². The van der Waals surface area contributed by atoms with E-state index in [2.05, 4.69) is 26.8 Å². The van der Waals surface area contributed by atoms with E-state index in [4.69, 9.17) is 26.1 Å². The minimum Gasteiger partial charge on any atom is -0.493 e. The van der Waals surface area contributed by atoms with Crippen LogP contribution in [0.15, 0.2) is 47.5 Å². The van der Waals surface area contributed by atoms with Crippen molar-refractivity contribution in [2.75, 3.05) is 7.11 Å². The number of halogens is 1. The van der Waals surface area contributed by atoms with Gasteiger partial charge in [0.2, 0.25) is 0 Å². The minimum atomic E-state index is 0.259. The number of nitrogens with zero attached hydrogens (tertiary/aromatic N) is 2. The second-order valence-corrected chi connectivity index (χ2v) is 11.2. The zero-order valence-corrected chi connectivity index (χ0v) is 21.6. The molecular formula is C28H29ClN2O2S. The van der Waals surface area contributed by atoms with Crippen molar-refractivity contribution in [2.24, 2.45) is 16.3 Å². The van der Waals surface area contributed by atoms with Crippen molar-refractivity contribution in [3.8, 4) is 17.6 Å². The van der Waals surface area contributed by atoms with Gasteiger partial charge in [0, 0.05) is 11.1 Å². The zero-order valence-electron chi connectivity index (χ0n) is 20.0. The molecule has 1 heterocycles. The molecule has 0 radical (unpaired) electrons. The zero-order chi connectivity index (χ0) is 24.3. The van der Waals surface area contributed by atoms with Gasteiger partial charge in [-0.2, -0.15) is 5.26 Å². The first kappa shape index (κ1) is 24.3. The van der Waals surface area contributed by atoms with E-state index < -0.39 is 0 Å². The molecule has 0 N–H and O–H groups in total. The summed E-state index contributed by atoms with van der Waals surface area (Å²) >= 11 is 8.18. The third kappa shape index (κ3) is 5.29. The molecule has 0 unspecified atom stereocenters. The molecule has 0 aliphatic heterocycles.